The number of nitrogens with one attached hydrogen (secondary N) is 1. The number of aryl methyl sites for hydroxylation is 2. The first-order valence-corrected chi connectivity index (χ1v) is 13.8. The molecule has 2 aromatic carbocycles. The van der Waals surface area contributed by atoms with Crippen LogP contribution in [0.25, 0.3) is 0 Å². The smallest absolute Gasteiger partial charge is 0.306 e. The number of unbranched alkanes of at least 4 members (excludes halogenated alkanes) is 2. The van der Waals surface area contributed by atoms with Crippen molar-refractivity contribution in [1.82, 2.24) is 9.80 Å². The third-order valence-electron chi connectivity index (χ3n) is 7.23. The van der Waals surface area contributed by atoms with Gasteiger partial charge in [-0.05, 0) is 43.5 Å². The van der Waals surface area contributed by atoms with Gasteiger partial charge in [0, 0.05) is 44.8 Å². The largest absolute Gasteiger partial charge is 0.486 e. The molecule has 0 aliphatic carbocycles. The lowest BCUT2D eigenvalue weighted by molar-refractivity contribution is -0.158. The number of anilines is 1. The van der Waals surface area contributed by atoms with Crippen LogP contribution in [0.1, 0.15) is 43.7 Å². The standard InChI is InChI=1S/C30H41N3O5/c1-4-5-6-14-29(35)38-26(27-21-36-24-12-7-8-13-25(24)37-27)19-32-15-17-33(18-16-32)20-28(34)31-30-22(2)10-9-11-23(30)3/h7-13,26-27H,4-6,14-21H2,1-3H3,(H,31,34). The van der Waals surface area contributed by atoms with Gasteiger partial charge in [-0.2, -0.15) is 0 Å². The molecule has 1 amide bonds. The Morgan fingerprint density at radius 2 is 1.66 bits per heavy atom. The SMILES string of the molecule is CCCCCC(=O)OC(CN1CCN(CC(=O)Nc2c(C)cccc2C)CC1)C1COc2ccccc2O1. The topological polar surface area (TPSA) is 80.3 Å². The number of amides is 1. The van der Waals surface area contributed by atoms with E-state index in [1.54, 1.807) is 0 Å². The van der Waals surface area contributed by atoms with Crippen LogP contribution < -0.4 is 14.8 Å². The van der Waals surface area contributed by atoms with Crippen LogP contribution in [0, 0.1) is 13.8 Å². The minimum Gasteiger partial charge on any atom is -0.486 e. The summed E-state index contributed by atoms with van der Waals surface area (Å²) in [7, 11) is 0. The van der Waals surface area contributed by atoms with Gasteiger partial charge in [-0.1, -0.05) is 50.1 Å². The van der Waals surface area contributed by atoms with Gasteiger partial charge in [-0.15, -0.1) is 0 Å². The molecular weight excluding hydrogens is 482 g/mol. The van der Waals surface area contributed by atoms with Crippen LogP contribution in [-0.4, -0.2) is 79.8 Å². The lowest BCUT2D eigenvalue weighted by Gasteiger charge is -2.38. The maximum atomic E-state index is 12.7. The quantitative estimate of drug-likeness (QED) is 0.349. The lowest BCUT2D eigenvalue weighted by Crippen LogP contribution is -2.54. The molecule has 0 aromatic heterocycles. The molecule has 8 heteroatoms. The Kier molecular flexibility index (Phi) is 10.0. The molecule has 0 saturated carbocycles. The van der Waals surface area contributed by atoms with Crippen LogP contribution in [-0.2, 0) is 14.3 Å². The van der Waals surface area contributed by atoms with Gasteiger partial charge in [0.05, 0.1) is 6.54 Å². The molecule has 206 valence electrons. The number of carbonyl (C=O) groups excluding carboxylic acids is 2. The summed E-state index contributed by atoms with van der Waals surface area (Å²) >= 11 is 0. The summed E-state index contributed by atoms with van der Waals surface area (Å²) in [6, 6.07) is 13.6. The Bertz CT molecular complexity index is 1060. The summed E-state index contributed by atoms with van der Waals surface area (Å²) in [5.41, 5.74) is 3.03. The number of hydrogen-bond acceptors (Lipinski definition) is 7. The molecule has 2 aliphatic heterocycles. The Balaban J connectivity index is 1.31. The van der Waals surface area contributed by atoms with Crippen LogP contribution in [0.15, 0.2) is 42.5 Å². The molecule has 38 heavy (non-hydrogen) atoms. The average Bonchev–Trinajstić information content (AvgIpc) is 2.91. The molecular formula is C30H41N3O5. The highest BCUT2D eigenvalue weighted by atomic mass is 16.6. The molecule has 1 saturated heterocycles. The second-order valence-electron chi connectivity index (χ2n) is 10.3. The second kappa shape index (κ2) is 13.6. The third-order valence-corrected chi connectivity index (χ3v) is 7.23. The average molecular weight is 524 g/mol. The van der Waals surface area contributed by atoms with Gasteiger partial charge in [-0.25, -0.2) is 0 Å². The van der Waals surface area contributed by atoms with E-state index in [2.05, 4.69) is 22.0 Å². The maximum Gasteiger partial charge on any atom is 0.306 e. The Hall–Kier alpha value is -3.10. The Labute approximate surface area is 226 Å². The van der Waals surface area contributed by atoms with E-state index in [9.17, 15) is 9.59 Å². The molecule has 2 atom stereocenters. The zero-order chi connectivity index (χ0) is 26.9. The zero-order valence-electron chi connectivity index (χ0n) is 22.9. The molecule has 2 heterocycles. The Morgan fingerprint density at radius 1 is 0.974 bits per heavy atom. The number of ether oxygens (including phenoxy) is 3. The zero-order valence-corrected chi connectivity index (χ0v) is 22.9. The number of piperazine rings is 1. The van der Waals surface area contributed by atoms with Crippen molar-refractivity contribution in [2.75, 3.05) is 51.2 Å². The molecule has 0 radical (unpaired) electrons. The van der Waals surface area contributed by atoms with E-state index >= 15 is 0 Å². The minimum absolute atomic E-state index is 0.00107. The highest BCUT2D eigenvalue weighted by molar-refractivity contribution is 5.93. The fourth-order valence-corrected chi connectivity index (χ4v) is 4.97. The van der Waals surface area contributed by atoms with E-state index in [0.29, 0.717) is 37.6 Å². The highest BCUT2D eigenvalue weighted by Gasteiger charge is 2.34. The van der Waals surface area contributed by atoms with Crippen molar-refractivity contribution < 1.29 is 23.8 Å². The van der Waals surface area contributed by atoms with E-state index in [1.165, 1.54) is 0 Å². The summed E-state index contributed by atoms with van der Waals surface area (Å²) in [6.45, 7) is 10.5. The number of hydrogen-bond donors (Lipinski definition) is 1. The summed E-state index contributed by atoms with van der Waals surface area (Å²) in [5.74, 6) is 1.20. The van der Waals surface area contributed by atoms with Gasteiger partial charge in [-0.3, -0.25) is 19.4 Å². The van der Waals surface area contributed by atoms with E-state index in [0.717, 1.165) is 62.3 Å². The van der Waals surface area contributed by atoms with Crippen molar-refractivity contribution >= 4 is 17.6 Å². The molecule has 0 bridgehead atoms. The van der Waals surface area contributed by atoms with Crippen LogP contribution in [0.5, 0.6) is 11.5 Å². The fraction of sp³-hybridized carbons (Fsp3) is 0.533. The third kappa shape index (κ3) is 7.71. The summed E-state index contributed by atoms with van der Waals surface area (Å²) in [5, 5.41) is 3.08. The highest BCUT2D eigenvalue weighted by Crippen LogP contribution is 2.32. The van der Waals surface area contributed by atoms with E-state index in [4.69, 9.17) is 14.2 Å². The molecule has 4 rings (SSSR count). The molecule has 2 aromatic rings. The maximum absolute atomic E-state index is 12.7. The van der Waals surface area contributed by atoms with E-state index in [-0.39, 0.29) is 18.0 Å². The number of esters is 1. The van der Waals surface area contributed by atoms with Crippen LogP contribution in [0.2, 0.25) is 0 Å². The molecule has 1 N–H and O–H groups in total. The normalized spacial score (nSPS) is 18.6. The molecule has 0 spiro atoms. The number of benzene rings is 2. The summed E-state index contributed by atoms with van der Waals surface area (Å²) < 4.78 is 18.1. The van der Waals surface area contributed by atoms with E-state index < -0.39 is 6.10 Å². The first-order chi connectivity index (χ1) is 18.4. The van der Waals surface area contributed by atoms with Gasteiger partial charge < -0.3 is 19.5 Å². The number of nitrogens with zero attached hydrogens (tertiary/aromatic N) is 2. The monoisotopic (exact) mass is 523 g/mol. The van der Waals surface area contributed by atoms with Crippen molar-refractivity contribution in [3.8, 4) is 11.5 Å². The summed E-state index contributed by atoms with van der Waals surface area (Å²) in [4.78, 5) is 29.8. The predicted molar refractivity (Wildman–Crippen MR) is 148 cm³/mol. The van der Waals surface area contributed by atoms with Crippen molar-refractivity contribution in [1.29, 1.82) is 0 Å². The van der Waals surface area contributed by atoms with Crippen molar-refractivity contribution in [2.45, 2.75) is 58.7 Å². The van der Waals surface area contributed by atoms with Crippen LogP contribution in [0.3, 0.4) is 0 Å². The minimum atomic E-state index is -0.434. The number of carbonyl (C=O) groups is 2. The Morgan fingerprint density at radius 3 is 2.37 bits per heavy atom. The first-order valence-electron chi connectivity index (χ1n) is 13.8. The van der Waals surface area contributed by atoms with Crippen molar-refractivity contribution in [3.05, 3.63) is 53.6 Å². The lowest BCUT2D eigenvalue weighted by atomic mass is 10.1. The summed E-state index contributed by atoms with van der Waals surface area (Å²) in [6.07, 6.45) is 2.50. The van der Waals surface area contributed by atoms with Crippen molar-refractivity contribution in [2.24, 2.45) is 0 Å². The van der Waals surface area contributed by atoms with E-state index in [1.807, 2.05) is 56.3 Å². The number of para-hydroxylation sites is 3. The van der Waals surface area contributed by atoms with Gasteiger partial charge in [0.15, 0.2) is 23.7 Å². The molecule has 2 unspecified atom stereocenters. The molecule has 8 nitrogen and oxygen atoms in total. The van der Waals surface area contributed by atoms with Crippen molar-refractivity contribution in [3.63, 3.8) is 0 Å². The van der Waals surface area contributed by atoms with Gasteiger partial charge in [0.2, 0.25) is 5.91 Å². The first kappa shape index (κ1) is 27.9. The number of rotatable bonds is 11. The van der Waals surface area contributed by atoms with Crippen LogP contribution in [0.4, 0.5) is 5.69 Å². The second-order valence-corrected chi connectivity index (χ2v) is 10.3. The van der Waals surface area contributed by atoms with Gasteiger partial charge >= 0.3 is 5.97 Å². The predicted octanol–water partition coefficient (Wildman–Crippen LogP) is 4.19. The molecule has 1 fully saturated rings. The number of fused-ring (bicyclic) bond motifs is 1. The molecule has 2 aliphatic rings. The fourth-order valence-electron chi connectivity index (χ4n) is 4.97. The van der Waals surface area contributed by atoms with Gasteiger partial charge in [0.25, 0.3) is 0 Å². The van der Waals surface area contributed by atoms with Crippen LogP contribution >= 0.6 is 0 Å². The van der Waals surface area contributed by atoms with Gasteiger partial charge in [0.1, 0.15) is 6.61 Å².